The highest BCUT2D eigenvalue weighted by molar-refractivity contribution is 7.22. The van der Waals surface area contributed by atoms with E-state index in [2.05, 4.69) is 10.3 Å². The van der Waals surface area contributed by atoms with E-state index in [-0.39, 0.29) is 12.5 Å². The molecular weight excluding hydrogens is 388 g/mol. The lowest BCUT2D eigenvalue weighted by molar-refractivity contribution is -0.118. The topological polar surface area (TPSA) is 81.4 Å². The zero-order valence-corrected chi connectivity index (χ0v) is 15.7. The Morgan fingerprint density at radius 1 is 1.26 bits per heavy atom. The van der Waals surface area contributed by atoms with Gasteiger partial charge in [0.25, 0.3) is 5.91 Å². The first-order valence-corrected chi connectivity index (χ1v) is 9.21. The standard InChI is InChI=1S/C19H13ClN2O4S/c1-10-6-18(24)26-15-8-12(3-4-13(10)15)25-9-17(23)22-19-21-14-5-2-11(20)7-16(14)27-19/h2-8H,9H2,1H3,(H,21,22,23). The summed E-state index contributed by atoms with van der Waals surface area (Å²) in [5.74, 6) is 0.0911. The van der Waals surface area contributed by atoms with Crippen molar-refractivity contribution in [2.75, 3.05) is 11.9 Å². The molecule has 0 aliphatic heterocycles. The Kier molecular flexibility index (Phi) is 4.55. The molecule has 0 fully saturated rings. The lowest BCUT2D eigenvalue weighted by Gasteiger charge is -2.07. The number of hydrogen-bond donors (Lipinski definition) is 1. The van der Waals surface area contributed by atoms with Crippen molar-refractivity contribution in [3.8, 4) is 5.75 Å². The van der Waals surface area contributed by atoms with Crippen LogP contribution in [0.1, 0.15) is 5.56 Å². The lowest BCUT2D eigenvalue weighted by atomic mass is 10.1. The fourth-order valence-corrected chi connectivity index (χ4v) is 3.81. The molecule has 4 aromatic rings. The van der Waals surface area contributed by atoms with Crippen molar-refractivity contribution in [2.45, 2.75) is 6.92 Å². The molecule has 2 aromatic heterocycles. The molecule has 0 atom stereocenters. The van der Waals surface area contributed by atoms with E-state index in [0.717, 1.165) is 21.2 Å². The van der Waals surface area contributed by atoms with Crippen molar-refractivity contribution >= 4 is 55.2 Å². The van der Waals surface area contributed by atoms with Crippen LogP contribution in [-0.4, -0.2) is 17.5 Å². The molecule has 0 radical (unpaired) electrons. The summed E-state index contributed by atoms with van der Waals surface area (Å²) in [6.45, 7) is 1.64. The normalized spacial score (nSPS) is 11.0. The second-order valence-corrected chi connectivity index (χ2v) is 7.34. The fourth-order valence-electron chi connectivity index (χ4n) is 2.65. The summed E-state index contributed by atoms with van der Waals surface area (Å²) in [6, 6.07) is 11.9. The van der Waals surface area contributed by atoms with E-state index in [0.29, 0.717) is 21.5 Å². The summed E-state index contributed by atoms with van der Waals surface area (Å²) in [5.41, 5.74) is 1.58. The van der Waals surface area contributed by atoms with Crippen LogP contribution in [0.4, 0.5) is 5.13 Å². The lowest BCUT2D eigenvalue weighted by Crippen LogP contribution is -2.20. The van der Waals surface area contributed by atoms with Gasteiger partial charge in [0.05, 0.1) is 10.2 Å². The molecule has 27 heavy (non-hydrogen) atoms. The number of thiazole rings is 1. The molecule has 0 saturated heterocycles. The van der Waals surface area contributed by atoms with Gasteiger partial charge < -0.3 is 9.15 Å². The highest BCUT2D eigenvalue weighted by Gasteiger charge is 2.10. The largest absolute Gasteiger partial charge is 0.484 e. The van der Waals surface area contributed by atoms with Gasteiger partial charge in [-0.3, -0.25) is 10.1 Å². The number of rotatable bonds is 4. The number of anilines is 1. The van der Waals surface area contributed by atoms with Gasteiger partial charge in [-0.2, -0.15) is 0 Å². The van der Waals surface area contributed by atoms with E-state index in [1.807, 2.05) is 6.92 Å². The van der Waals surface area contributed by atoms with E-state index >= 15 is 0 Å². The molecule has 0 saturated carbocycles. The predicted octanol–water partition coefficient (Wildman–Crippen LogP) is 4.38. The van der Waals surface area contributed by atoms with Crippen LogP contribution in [0.3, 0.4) is 0 Å². The Balaban J connectivity index is 1.45. The molecule has 0 bridgehead atoms. The molecule has 0 unspecified atom stereocenters. The first-order chi connectivity index (χ1) is 13.0. The first kappa shape index (κ1) is 17.5. The van der Waals surface area contributed by atoms with Crippen molar-refractivity contribution in [2.24, 2.45) is 0 Å². The van der Waals surface area contributed by atoms with E-state index in [4.69, 9.17) is 20.8 Å². The Morgan fingerprint density at radius 3 is 2.96 bits per heavy atom. The van der Waals surface area contributed by atoms with Gasteiger partial charge in [0.15, 0.2) is 11.7 Å². The zero-order valence-electron chi connectivity index (χ0n) is 14.1. The van der Waals surface area contributed by atoms with Crippen LogP contribution in [0.15, 0.2) is 51.7 Å². The van der Waals surface area contributed by atoms with Gasteiger partial charge in [0.1, 0.15) is 11.3 Å². The maximum Gasteiger partial charge on any atom is 0.336 e. The molecule has 2 aromatic carbocycles. The Bertz CT molecular complexity index is 1230. The van der Waals surface area contributed by atoms with E-state index < -0.39 is 5.63 Å². The van der Waals surface area contributed by atoms with Crippen molar-refractivity contribution in [1.82, 2.24) is 4.98 Å². The van der Waals surface area contributed by atoms with Crippen molar-refractivity contribution in [3.05, 3.63) is 63.5 Å². The third kappa shape index (κ3) is 3.79. The van der Waals surface area contributed by atoms with E-state index in [1.165, 1.54) is 17.4 Å². The molecule has 2 heterocycles. The van der Waals surface area contributed by atoms with Gasteiger partial charge in [-0.15, -0.1) is 0 Å². The van der Waals surface area contributed by atoms with Crippen LogP contribution in [0.5, 0.6) is 5.75 Å². The summed E-state index contributed by atoms with van der Waals surface area (Å²) >= 11 is 7.29. The summed E-state index contributed by atoms with van der Waals surface area (Å²) < 4.78 is 11.6. The number of carbonyl (C=O) groups excluding carboxylic acids is 1. The van der Waals surface area contributed by atoms with Crippen LogP contribution in [0.25, 0.3) is 21.2 Å². The Morgan fingerprint density at radius 2 is 2.11 bits per heavy atom. The second-order valence-electron chi connectivity index (χ2n) is 5.87. The van der Waals surface area contributed by atoms with Crippen LogP contribution < -0.4 is 15.7 Å². The molecule has 0 aliphatic carbocycles. The van der Waals surface area contributed by atoms with Gasteiger partial charge in [-0.1, -0.05) is 22.9 Å². The van der Waals surface area contributed by atoms with Gasteiger partial charge >= 0.3 is 5.63 Å². The number of nitrogens with zero attached hydrogens (tertiary/aromatic N) is 1. The zero-order chi connectivity index (χ0) is 19.0. The second kappa shape index (κ2) is 7.02. The summed E-state index contributed by atoms with van der Waals surface area (Å²) in [4.78, 5) is 28.0. The van der Waals surface area contributed by atoms with Crippen LogP contribution in [0.2, 0.25) is 5.02 Å². The van der Waals surface area contributed by atoms with E-state index in [9.17, 15) is 9.59 Å². The molecule has 8 heteroatoms. The third-order valence-electron chi connectivity index (χ3n) is 3.89. The third-order valence-corrected chi connectivity index (χ3v) is 5.06. The number of fused-ring (bicyclic) bond motifs is 2. The molecule has 136 valence electrons. The summed E-state index contributed by atoms with van der Waals surface area (Å²) in [5, 5.41) is 4.61. The average Bonchev–Trinajstić information content (AvgIpc) is 3.00. The van der Waals surface area contributed by atoms with Crippen molar-refractivity contribution in [1.29, 1.82) is 0 Å². The Labute approximate surface area is 162 Å². The molecule has 1 amide bonds. The quantitative estimate of drug-likeness (QED) is 0.514. The monoisotopic (exact) mass is 400 g/mol. The van der Waals surface area contributed by atoms with Crippen LogP contribution in [0, 0.1) is 6.92 Å². The summed E-state index contributed by atoms with van der Waals surface area (Å²) in [7, 11) is 0. The fraction of sp³-hybridized carbons (Fsp3) is 0.105. The van der Waals surface area contributed by atoms with Gasteiger partial charge in [0, 0.05) is 22.5 Å². The number of hydrogen-bond acceptors (Lipinski definition) is 6. The SMILES string of the molecule is Cc1cc(=O)oc2cc(OCC(=O)Nc3nc4ccc(Cl)cc4s3)ccc12. The molecule has 0 aliphatic rings. The number of halogens is 1. The van der Waals surface area contributed by atoms with Crippen LogP contribution >= 0.6 is 22.9 Å². The summed E-state index contributed by atoms with van der Waals surface area (Å²) in [6.07, 6.45) is 0. The van der Waals surface area contributed by atoms with Gasteiger partial charge in [0.2, 0.25) is 0 Å². The molecule has 4 rings (SSSR count). The smallest absolute Gasteiger partial charge is 0.336 e. The van der Waals surface area contributed by atoms with E-state index in [1.54, 1.807) is 36.4 Å². The van der Waals surface area contributed by atoms with Crippen molar-refractivity contribution in [3.63, 3.8) is 0 Å². The van der Waals surface area contributed by atoms with Gasteiger partial charge in [-0.25, -0.2) is 9.78 Å². The number of aryl methyl sites for hydroxylation is 1. The van der Waals surface area contributed by atoms with Crippen molar-refractivity contribution < 1.29 is 13.9 Å². The van der Waals surface area contributed by atoms with Gasteiger partial charge in [-0.05, 0) is 42.8 Å². The molecular formula is C19H13ClN2O4S. The molecule has 1 N–H and O–H groups in total. The molecule has 6 nitrogen and oxygen atoms in total. The average molecular weight is 401 g/mol. The van der Waals surface area contributed by atoms with Crippen LogP contribution in [-0.2, 0) is 4.79 Å². The first-order valence-electron chi connectivity index (χ1n) is 8.01. The number of amides is 1. The minimum absolute atomic E-state index is 0.196. The maximum atomic E-state index is 12.1. The Hall–Kier alpha value is -2.90. The number of benzene rings is 2. The minimum Gasteiger partial charge on any atom is -0.484 e. The maximum absolute atomic E-state index is 12.1. The number of aromatic nitrogens is 1. The minimum atomic E-state index is -0.425. The highest BCUT2D eigenvalue weighted by atomic mass is 35.5. The number of carbonyl (C=O) groups is 1. The highest BCUT2D eigenvalue weighted by Crippen LogP contribution is 2.28. The predicted molar refractivity (Wildman–Crippen MR) is 106 cm³/mol. The molecule has 0 spiro atoms. The number of ether oxygens (including phenoxy) is 1. The number of nitrogens with one attached hydrogen (secondary N) is 1.